The van der Waals surface area contributed by atoms with Gasteiger partial charge < -0.3 is 15.7 Å². The summed E-state index contributed by atoms with van der Waals surface area (Å²) in [6, 6.07) is 3.41. The molecule has 31 heavy (non-hydrogen) atoms. The summed E-state index contributed by atoms with van der Waals surface area (Å²) in [5, 5.41) is 15.8. The highest BCUT2D eigenvalue weighted by molar-refractivity contribution is 5.94. The molecule has 1 aliphatic carbocycles. The van der Waals surface area contributed by atoms with E-state index in [2.05, 4.69) is 35.6 Å². The first-order valence-corrected chi connectivity index (χ1v) is 9.95. The maximum absolute atomic E-state index is 13.1. The van der Waals surface area contributed by atoms with Crippen LogP contribution in [0, 0.1) is 12.8 Å². The number of nitrogens with one attached hydrogen (secondary N) is 2. The van der Waals surface area contributed by atoms with Crippen LogP contribution in [0.4, 0.5) is 21.7 Å². The first-order chi connectivity index (χ1) is 15.0. The molecule has 1 saturated carbocycles. The van der Waals surface area contributed by atoms with Crippen LogP contribution >= 0.6 is 0 Å². The van der Waals surface area contributed by atoms with E-state index in [1.807, 2.05) is 19.9 Å². The third kappa shape index (κ3) is 4.64. The smallest absolute Gasteiger partial charge is 0.231 e. The van der Waals surface area contributed by atoms with Gasteiger partial charge in [0.1, 0.15) is 30.5 Å². The Morgan fingerprint density at radius 2 is 2.03 bits per heavy atom. The number of anilines is 3. The van der Waals surface area contributed by atoms with Gasteiger partial charge in [-0.1, -0.05) is 6.92 Å². The lowest BCUT2D eigenvalue weighted by molar-refractivity contribution is -0.117. The van der Waals surface area contributed by atoms with Crippen molar-refractivity contribution in [3.63, 3.8) is 0 Å². The molecule has 160 valence electrons. The number of halogens is 1. The summed E-state index contributed by atoms with van der Waals surface area (Å²) in [4.78, 5) is 33.0. The van der Waals surface area contributed by atoms with E-state index in [0.29, 0.717) is 29.2 Å². The minimum absolute atomic E-state index is 0.242. The van der Waals surface area contributed by atoms with Crippen molar-refractivity contribution >= 4 is 23.2 Å². The Bertz CT molecular complexity index is 1110. The highest BCUT2D eigenvalue weighted by atomic mass is 19.1. The predicted octanol–water partition coefficient (Wildman–Crippen LogP) is 3.12. The molecule has 0 radical (unpaired) electrons. The lowest BCUT2D eigenvalue weighted by atomic mass is 10.1. The summed E-state index contributed by atoms with van der Waals surface area (Å²) in [6.07, 6.45) is 5.09. The zero-order valence-corrected chi connectivity index (χ0v) is 17.1. The first kappa shape index (κ1) is 20.7. The molecule has 1 amide bonds. The molecule has 3 aromatic rings. The Morgan fingerprint density at radius 3 is 2.74 bits per heavy atom. The van der Waals surface area contributed by atoms with Crippen molar-refractivity contribution in [1.29, 1.82) is 0 Å². The Hall–Kier alpha value is -3.53. The number of pyridine rings is 1. The second-order valence-electron chi connectivity index (χ2n) is 7.39. The number of nitrogens with zero attached hydrogens (tertiary/aromatic N) is 5. The zero-order chi connectivity index (χ0) is 22.0. The molecule has 4 rings (SSSR count). The largest absolute Gasteiger partial charge is 0.387 e. The summed E-state index contributed by atoms with van der Waals surface area (Å²) in [5.41, 5.74) is 3.30. The fourth-order valence-corrected chi connectivity index (χ4v) is 3.07. The van der Waals surface area contributed by atoms with Crippen molar-refractivity contribution in [2.75, 3.05) is 10.6 Å². The van der Waals surface area contributed by atoms with Gasteiger partial charge in [-0.05, 0) is 31.4 Å². The quantitative estimate of drug-likeness (QED) is 0.529. The molecule has 9 nitrogen and oxygen atoms in total. The Labute approximate surface area is 178 Å². The second-order valence-corrected chi connectivity index (χ2v) is 7.39. The fraction of sp³-hybridized carbons (Fsp3) is 0.333. The molecule has 1 fully saturated rings. The molecule has 0 bridgehead atoms. The third-order valence-corrected chi connectivity index (χ3v) is 5.07. The van der Waals surface area contributed by atoms with Gasteiger partial charge in [-0.15, -0.1) is 0 Å². The van der Waals surface area contributed by atoms with E-state index in [9.17, 15) is 14.3 Å². The van der Waals surface area contributed by atoms with Gasteiger partial charge in [-0.2, -0.15) is 0 Å². The van der Waals surface area contributed by atoms with Crippen molar-refractivity contribution in [3.8, 4) is 11.3 Å². The van der Waals surface area contributed by atoms with E-state index < -0.39 is 24.1 Å². The predicted molar refractivity (Wildman–Crippen MR) is 112 cm³/mol. The number of hydrogen-bond donors (Lipinski definition) is 3. The first-order valence-electron chi connectivity index (χ1n) is 9.95. The van der Waals surface area contributed by atoms with E-state index in [1.54, 1.807) is 18.5 Å². The van der Waals surface area contributed by atoms with E-state index >= 15 is 0 Å². The van der Waals surface area contributed by atoms with Crippen LogP contribution in [0.1, 0.15) is 37.1 Å². The van der Waals surface area contributed by atoms with Gasteiger partial charge in [-0.25, -0.2) is 24.3 Å². The van der Waals surface area contributed by atoms with Crippen molar-refractivity contribution in [2.45, 2.75) is 39.0 Å². The van der Waals surface area contributed by atoms with Crippen molar-refractivity contribution in [1.82, 2.24) is 24.9 Å². The number of aliphatic hydroxyl groups is 1. The molecule has 0 aromatic carbocycles. The molecular weight excluding hydrogens is 401 g/mol. The molecule has 0 aliphatic heterocycles. The molecule has 3 N–H and O–H groups in total. The molecule has 0 unspecified atom stereocenters. The summed E-state index contributed by atoms with van der Waals surface area (Å²) in [6.45, 7) is 3.80. The average molecular weight is 423 g/mol. The Morgan fingerprint density at radius 1 is 1.23 bits per heavy atom. The maximum Gasteiger partial charge on any atom is 0.231 e. The maximum atomic E-state index is 13.1. The minimum Gasteiger partial charge on any atom is -0.387 e. The van der Waals surface area contributed by atoms with Crippen molar-refractivity contribution in [3.05, 3.63) is 48.4 Å². The molecule has 10 heteroatoms. The van der Waals surface area contributed by atoms with E-state index in [1.165, 1.54) is 12.7 Å². The molecule has 3 atom stereocenters. The molecule has 3 heterocycles. The molecular formula is C21H22FN7O2. The number of aliphatic hydroxyl groups excluding tert-OH is 1. The summed E-state index contributed by atoms with van der Waals surface area (Å²) in [5.74, 6) is -0.235. The van der Waals surface area contributed by atoms with Gasteiger partial charge in [0.2, 0.25) is 5.91 Å². The number of amides is 1. The lowest BCUT2D eigenvalue weighted by Gasteiger charge is -2.14. The fourth-order valence-electron chi connectivity index (χ4n) is 3.07. The van der Waals surface area contributed by atoms with Crippen LogP contribution < -0.4 is 10.6 Å². The monoisotopic (exact) mass is 423 g/mol. The molecule has 3 aromatic heterocycles. The summed E-state index contributed by atoms with van der Waals surface area (Å²) >= 11 is 0. The summed E-state index contributed by atoms with van der Waals surface area (Å²) in [7, 11) is 0. The van der Waals surface area contributed by atoms with Gasteiger partial charge >= 0.3 is 0 Å². The Balaban J connectivity index is 1.58. The number of rotatable bonds is 7. The van der Waals surface area contributed by atoms with Crippen LogP contribution in [0.25, 0.3) is 11.3 Å². The number of aryl methyl sites for hydroxylation is 1. The average Bonchev–Trinajstić information content (AvgIpc) is 3.52. The third-order valence-electron chi connectivity index (χ3n) is 5.07. The lowest BCUT2D eigenvalue weighted by Crippen LogP contribution is -2.16. The SMILES string of the molecule is CC[C@@H](O)c1cc(C)c(Nc2ncncc2-c2cc(NC(=O)[C@H]3C[C@H]3F)ncn2)cn1. The van der Waals surface area contributed by atoms with E-state index in [-0.39, 0.29) is 12.2 Å². The highest BCUT2D eigenvalue weighted by Crippen LogP contribution is 2.35. The molecule has 0 spiro atoms. The molecule has 1 aliphatic rings. The van der Waals surface area contributed by atoms with Crippen LogP contribution in [0.2, 0.25) is 0 Å². The topological polar surface area (TPSA) is 126 Å². The Kier molecular flexibility index (Phi) is 5.81. The standard InChI is InChI=1S/C21H22FN7O2/c1-3-18(30)16-4-11(2)17(8-24-16)28-20-13(7-23-9-27-20)15-6-19(26-10-25-15)29-21(31)12-5-14(12)22/h4,6-10,12,14,18,30H,3,5H2,1-2H3,(H,23,27,28)(H,25,26,29,31)/t12-,14+,18+/m0/s1. The number of carbonyl (C=O) groups excluding carboxylic acids is 1. The van der Waals surface area contributed by atoms with Gasteiger partial charge in [-0.3, -0.25) is 9.78 Å². The number of alkyl halides is 1. The van der Waals surface area contributed by atoms with E-state index in [0.717, 1.165) is 11.3 Å². The summed E-state index contributed by atoms with van der Waals surface area (Å²) < 4.78 is 13.1. The van der Waals surface area contributed by atoms with Crippen molar-refractivity contribution in [2.24, 2.45) is 5.92 Å². The highest BCUT2D eigenvalue weighted by Gasteiger charge is 2.43. The van der Waals surface area contributed by atoms with Crippen LogP contribution in [0.5, 0.6) is 0 Å². The van der Waals surface area contributed by atoms with Crippen LogP contribution in [0.15, 0.2) is 37.2 Å². The number of aromatic nitrogens is 5. The zero-order valence-electron chi connectivity index (χ0n) is 17.1. The van der Waals surface area contributed by atoms with Crippen LogP contribution in [0.3, 0.4) is 0 Å². The van der Waals surface area contributed by atoms with E-state index in [4.69, 9.17) is 0 Å². The number of carbonyl (C=O) groups is 1. The normalized spacial score (nSPS) is 18.3. The van der Waals surface area contributed by atoms with Gasteiger partial charge in [0, 0.05) is 12.3 Å². The van der Waals surface area contributed by atoms with Crippen molar-refractivity contribution < 1.29 is 14.3 Å². The number of hydrogen-bond acceptors (Lipinski definition) is 8. The van der Waals surface area contributed by atoms with Crippen LogP contribution in [-0.4, -0.2) is 42.1 Å². The second kappa shape index (κ2) is 8.68. The van der Waals surface area contributed by atoms with Gasteiger partial charge in [0.25, 0.3) is 0 Å². The van der Waals surface area contributed by atoms with Gasteiger partial charge in [0.05, 0.1) is 40.9 Å². The molecule has 0 saturated heterocycles. The van der Waals surface area contributed by atoms with Crippen LogP contribution in [-0.2, 0) is 4.79 Å². The minimum atomic E-state index is -1.08. The van der Waals surface area contributed by atoms with Gasteiger partial charge in [0.15, 0.2) is 0 Å².